The van der Waals surface area contributed by atoms with Crippen molar-refractivity contribution in [2.45, 2.75) is 26.2 Å². The molecular weight excluding hydrogens is 230 g/mol. The van der Waals surface area contributed by atoms with Crippen LogP contribution in [0, 0.1) is 5.92 Å². The van der Waals surface area contributed by atoms with E-state index in [1.54, 1.807) is 7.05 Å². The molecule has 0 aromatic heterocycles. The van der Waals surface area contributed by atoms with E-state index in [0.29, 0.717) is 13.1 Å². The molecule has 106 valence electrons. The summed E-state index contributed by atoms with van der Waals surface area (Å²) in [4.78, 5) is 15.5. The average molecular weight is 257 g/mol. The van der Waals surface area contributed by atoms with E-state index in [-0.39, 0.29) is 12.6 Å². The summed E-state index contributed by atoms with van der Waals surface area (Å²) >= 11 is 0. The first-order valence-corrected chi connectivity index (χ1v) is 6.95. The molecule has 1 saturated heterocycles. The lowest BCUT2D eigenvalue weighted by molar-refractivity contribution is 0.182. The predicted molar refractivity (Wildman–Crippen MR) is 72.6 cm³/mol. The first-order chi connectivity index (χ1) is 8.63. The molecule has 5 nitrogen and oxygen atoms in total. The number of piperidine rings is 1. The quantitative estimate of drug-likeness (QED) is 0.690. The van der Waals surface area contributed by atoms with E-state index in [0.717, 1.165) is 18.9 Å². The molecule has 0 aromatic rings. The Bertz CT molecular complexity index is 240. The van der Waals surface area contributed by atoms with Crippen LogP contribution in [0.25, 0.3) is 0 Å². The maximum absolute atomic E-state index is 11.5. The molecule has 1 heterocycles. The fourth-order valence-electron chi connectivity index (χ4n) is 2.17. The Morgan fingerprint density at radius 2 is 2.11 bits per heavy atom. The molecule has 0 aromatic carbocycles. The van der Waals surface area contributed by atoms with Crippen LogP contribution in [0.2, 0.25) is 0 Å². The summed E-state index contributed by atoms with van der Waals surface area (Å²) in [6, 6.07) is -0.101. The minimum atomic E-state index is -0.101. The number of likely N-dealkylation sites (N-methyl/N-ethyl adjacent to an activating group) is 1. The molecule has 0 unspecified atom stereocenters. The van der Waals surface area contributed by atoms with Crippen LogP contribution in [-0.2, 0) is 0 Å². The Hall–Kier alpha value is -0.810. The number of hydrogen-bond donors (Lipinski definition) is 2. The minimum absolute atomic E-state index is 0.00980. The van der Waals surface area contributed by atoms with Gasteiger partial charge in [0, 0.05) is 20.1 Å². The minimum Gasteiger partial charge on any atom is -0.395 e. The van der Waals surface area contributed by atoms with Gasteiger partial charge < -0.3 is 20.2 Å². The highest BCUT2D eigenvalue weighted by atomic mass is 16.3. The smallest absolute Gasteiger partial charge is 0.317 e. The fourth-order valence-corrected chi connectivity index (χ4v) is 2.17. The Labute approximate surface area is 110 Å². The molecule has 0 atom stereocenters. The monoisotopic (exact) mass is 257 g/mol. The van der Waals surface area contributed by atoms with Crippen LogP contribution < -0.4 is 5.32 Å². The summed E-state index contributed by atoms with van der Waals surface area (Å²) in [6.07, 6.45) is 3.59. The molecule has 1 aliphatic rings. The third kappa shape index (κ3) is 5.69. The van der Waals surface area contributed by atoms with Crippen molar-refractivity contribution in [3.05, 3.63) is 0 Å². The number of aliphatic hydroxyl groups excluding tert-OH is 1. The lowest BCUT2D eigenvalue weighted by Gasteiger charge is -2.30. The van der Waals surface area contributed by atoms with Gasteiger partial charge in [0.1, 0.15) is 0 Å². The third-order valence-corrected chi connectivity index (χ3v) is 3.59. The van der Waals surface area contributed by atoms with E-state index in [9.17, 15) is 4.79 Å². The van der Waals surface area contributed by atoms with Crippen molar-refractivity contribution in [2.75, 3.05) is 46.4 Å². The summed E-state index contributed by atoms with van der Waals surface area (Å²) in [7, 11) is 1.69. The Morgan fingerprint density at radius 1 is 1.44 bits per heavy atom. The lowest BCUT2D eigenvalue weighted by Crippen LogP contribution is -2.40. The number of carbonyl (C=O) groups excluding carboxylic acids is 1. The number of rotatable bonds is 6. The van der Waals surface area contributed by atoms with Crippen molar-refractivity contribution in [2.24, 2.45) is 5.92 Å². The predicted octanol–water partition coefficient (Wildman–Crippen LogP) is 0.742. The number of hydrogen-bond acceptors (Lipinski definition) is 3. The number of urea groups is 1. The molecule has 1 fully saturated rings. The van der Waals surface area contributed by atoms with Crippen LogP contribution >= 0.6 is 0 Å². The Balaban J connectivity index is 2.02. The van der Waals surface area contributed by atoms with Crippen LogP contribution in [-0.4, -0.2) is 67.3 Å². The van der Waals surface area contributed by atoms with Gasteiger partial charge in [0.25, 0.3) is 0 Å². The van der Waals surface area contributed by atoms with Crippen LogP contribution in [0.4, 0.5) is 4.79 Å². The normalized spacial score (nSPS) is 17.7. The maximum atomic E-state index is 11.5. The van der Waals surface area contributed by atoms with Gasteiger partial charge in [-0.2, -0.15) is 0 Å². The fraction of sp³-hybridized carbons (Fsp3) is 0.923. The zero-order valence-corrected chi connectivity index (χ0v) is 11.7. The number of likely N-dealkylation sites (tertiary alicyclic amines) is 1. The van der Waals surface area contributed by atoms with Crippen molar-refractivity contribution in [1.82, 2.24) is 15.1 Å². The highest BCUT2D eigenvalue weighted by Gasteiger charge is 2.15. The molecule has 1 rings (SSSR count). The van der Waals surface area contributed by atoms with Gasteiger partial charge >= 0.3 is 6.03 Å². The molecule has 1 aliphatic heterocycles. The summed E-state index contributed by atoms with van der Waals surface area (Å²) in [6.45, 7) is 6.87. The van der Waals surface area contributed by atoms with Gasteiger partial charge in [0.15, 0.2) is 0 Å². The number of amides is 2. The Kier molecular flexibility index (Phi) is 7.05. The largest absolute Gasteiger partial charge is 0.395 e. The molecule has 18 heavy (non-hydrogen) atoms. The molecule has 5 heteroatoms. The second-order valence-corrected chi connectivity index (χ2v) is 5.25. The van der Waals surface area contributed by atoms with E-state index < -0.39 is 0 Å². The summed E-state index contributed by atoms with van der Waals surface area (Å²) in [5.41, 5.74) is 0. The molecule has 0 bridgehead atoms. The van der Waals surface area contributed by atoms with Crippen molar-refractivity contribution >= 4 is 6.03 Å². The maximum Gasteiger partial charge on any atom is 0.317 e. The summed E-state index contributed by atoms with van der Waals surface area (Å²) in [5, 5.41) is 11.6. The first kappa shape index (κ1) is 15.2. The summed E-state index contributed by atoms with van der Waals surface area (Å²) < 4.78 is 0. The number of carbonyl (C=O) groups is 1. The second kappa shape index (κ2) is 8.32. The average Bonchev–Trinajstić information content (AvgIpc) is 2.36. The SMILES string of the molecule is CC1CCN(CCCNC(=O)N(C)CCO)CC1. The van der Waals surface area contributed by atoms with Gasteiger partial charge in [-0.05, 0) is 44.8 Å². The lowest BCUT2D eigenvalue weighted by atomic mass is 9.99. The number of aliphatic hydroxyl groups is 1. The van der Waals surface area contributed by atoms with Crippen molar-refractivity contribution < 1.29 is 9.90 Å². The molecule has 0 spiro atoms. The zero-order chi connectivity index (χ0) is 13.4. The molecular formula is C13H27N3O2. The van der Waals surface area contributed by atoms with Crippen LogP contribution in [0.1, 0.15) is 26.2 Å². The highest BCUT2D eigenvalue weighted by molar-refractivity contribution is 5.73. The van der Waals surface area contributed by atoms with Crippen molar-refractivity contribution in [3.8, 4) is 0 Å². The van der Waals surface area contributed by atoms with Gasteiger partial charge in [-0.15, -0.1) is 0 Å². The van der Waals surface area contributed by atoms with Gasteiger partial charge in [-0.1, -0.05) is 6.92 Å². The highest BCUT2D eigenvalue weighted by Crippen LogP contribution is 2.15. The zero-order valence-electron chi connectivity index (χ0n) is 11.7. The van der Waals surface area contributed by atoms with Crippen molar-refractivity contribution in [1.29, 1.82) is 0 Å². The third-order valence-electron chi connectivity index (χ3n) is 3.59. The number of nitrogens with one attached hydrogen (secondary N) is 1. The van der Waals surface area contributed by atoms with Crippen LogP contribution in [0.15, 0.2) is 0 Å². The topological polar surface area (TPSA) is 55.8 Å². The van der Waals surface area contributed by atoms with E-state index in [1.807, 2.05) is 0 Å². The number of nitrogens with zero attached hydrogens (tertiary/aromatic N) is 2. The van der Waals surface area contributed by atoms with Crippen LogP contribution in [0.5, 0.6) is 0 Å². The molecule has 2 N–H and O–H groups in total. The summed E-state index contributed by atoms with van der Waals surface area (Å²) in [5.74, 6) is 0.869. The van der Waals surface area contributed by atoms with E-state index in [4.69, 9.17) is 5.11 Å². The molecule has 0 aliphatic carbocycles. The van der Waals surface area contributed by atoms with E-state index >= 15 is 0 Å². The first-order valence-electron chi connectivity index (χ1n) is 6.95. The standard InChI is InChI=1S/C13H27N3O2/c1-12-4-8-16(9-5-12)7-3-6-14-13(18)15(2)10-11-17/h12,17H,3-11H2,1-2H3,(H,14,18). The molecule has 2 amide bonds. The molecule has 0 saturated carbocycles. The van der Waals surface area contributed by atoms with E-state index in [1.165, 1.54) is 30.8 Å². The van der Waals surface area contributed by atoms with Gasteiger partial charge in [0.05, 0.1) is 6.61 Å². The van der Waals surface area contributed by atoms with Crippen molar-refractivity contribution in [3.63, 3.8) is 0 Å². The van der Waals surface area contributed by atoms with Crippen LogP contribution in [0.3, 0.4) is 0 Å². The van der Waals surface area contributed by atoms with Gasteiger partial charge in [-0.25, -0.2) is 4.79 Å². The second-order valence-electron chi connectivity index (χ2n) is 5.25. The Morgan fingerprint density at radius 3 is 2.72 bits per heavy atom. The van der Waals surface area contributed by atoms with Gasteiger partial charge in [0.2, 0.25) is 0 Å². The van der Waals surface area contributed by atoms with E-state index in [2.05, 4.69) is 17.1 Å². The van der Waals surface area contributed by atoms with Gasteiger partial charge in [-0.3, -0.25) is 0 Å². The molecule has 0 radical (unpaired) electrons.